The van der Waals surface area contributed by atoms with Crippen molar-refractivity contribution in [2.45, 2.75) is 37.8 Å². The fourth-order valence-electron chi connectivity index (χ4n) is 2.51. The van der Waals surface area contributed by atoms with E-state index in [1.54, 1.807) is 7.05 Å². The van der Waals surface area contributed by atoms with Crippen LogP contribution < -0.4 is 5.32 Å². The molecule has 116 valence electrons. The van der Waals surface area contributed by atoms with Gasteiger partial charge in [0.2, 0.25) is 0 Å². The Hall–Kier alpha value is -1.34. The smallest absolute Gasteiger partial charge is 0.317 e. The monoisotopic (exact) mass is 288 g/mol. The molecule has 7 nitrogen and oxygen atoms in total. The molecule has 3 unspecified atom stereocenters. The number of aliphatic hydroxyl groups is 1. The molecule has 0 heterocycles. The molecule has 0 aliphatic heterocycles. The zero-order valence-corrected chi connectivity index (χ0v) is 12.0. The van der Waals surface area contributed by atoms with E-state index in [9.17, 15) is 14.7 Å². The highest BCUT2D eigenvalue weighted by molar-refractivity contribution is 5.76. The van der Waals surface area contributed by atoms with Gasteiger partial charge in [0.15, 0.2) is 0 Å². The van der Waals surface area contributed by atoms with E-state index in [0.717, 1.165) is 12.8 Å². The summed E-state index contributed by atoms with van der Waals surface area (Å²) in [5.41, 5.74) is 0. The van der Waals surface area contributed by atoms with Gasteiger partial charge in [0.05, 0.1) is 25.2 Å². The molecule has 0 spiro atoms. The lowest BCUT2D eigenvalue weighted by Gasteiger charge is -2.31. The van der Waals surface area contributed by atoms with Crippen LogP contribution in [-0.4, -0.2) is 66.6 Å². The number of urea groups is 1. The van der Waals surface area contributed by atoms with Crippen molar-refractivity contribution in [1.29, 1.82) is 0 Å². The lowest BCUT2D eigenvalue weighted by Crippen LogP contribution is -2.50. The van der Waals surface area contributed by atoms with Crippen LogP contribution in [0, 0.1) is 5.92 Å². The van der Waals surface area contributed by atoms with Crippen LogP contribution in [0.5, 0.6) is 0 Å². The molecule has 0 aromatic carbocycles. The van der Waals surface area contributed by atoms with Gasteiger partial charge in [0.25, 0.3) is 0 Å². The van der Waals surface area contributed by atoms with Gasteiger partial charge in [-0.2, -0.15) is 0 Å². The summed E-state index contributed by atoms with van der Waals surface area (Å²) in [6.45, 7) is 0.295. The van der Waals surface area contributed by atoms with Crippen molar-refractivity contribution in [3.8, 4) is 0 Å². The summed E-state index contributed by atoms with van der Waals surface area (Å²) in [6.07, 6.45) is 2.32. The van der Waals surface area contributed by atoms with Gasteiger partial charge in [-0.15, -0.1) is 0 Å². The molecule has 1 rings (SSSR count). The third-order valence-electron chi connectivity index (χ3n) is 3.58. The Morgan fingerprint density at radius 2 is 2.05 bits per heavy atom. The number of ether oxygens (including phenoxy) is 1. The minimum atomic E-state index is -0.864. The van der Waals surface area contributed by atoms with Crippen LogP contribution in [-0.2, 0) is 9.53 Å². The normalized spacial score (nSPS) is 23.9. The highest BCUT2D eigenvalue weighted by Crippen LogP contribution is 2.24. The van der Waals surface area contributed by atoms with Gasteiger partial charge in [-0.05, 0) is 12.8 Å². The van der Waals surface area contributed by atoms with Crippen molar-refractivity contribution in [1.82, 2.24) is 10.2 Å². The summed E-state index contributed by atoms with van der Waals surface area (Å²) in [5, 5.41) is 21.5. The molecule has 0 radical (unpaired) electrons. The number of hydrogen-bond acceptors (Lipinski definition) is 4. The van der Waals surface area contributed by atoms with Crippen LogP contribution >= 0.6 is 0 Å². The summed E-state index contributed by atoms with van der Waals surface area (Å²) in [4.78, 5) is 24.5. The second-order valence-electron chi connectivity index (χ2n) is 5.27. The van der Waals surface area contributed by atoms with Crippen molar-refractivity contribution in [2.24, 2.45) is 5.92 Å². The molecule has 3 N–H and O–H groups in total. The predicted molar refractivity (Wildman–Crippen MR) is 72.4 cm³/mol. The lowest BCUT2D eigenvalue weighted by molar-refractivity contribution is -0.143. The van der Waals surface area contributed by atoms with E-state index < -0.39 is 18.0 Å². The molecule has 1 saturated carbocycles. The van der Waals surface area contributed by atoms with Gasteiger partial charge in [0.1, 0.15) is 0 Å². The molecule has 1 fully saturated rings. The maximum atomic E-state index is 12.0. The first-order valence-corrected chi connectivity index (χ1v) is 6.87. The average Bonchev–Trinajstić information content (AvgIpc) is 2.39. The van der Waals surface area contributed by atoms with Crippen molar-refractivity contribution < 1.29 is 24.5 Å². The third kappa shape index (κ3) is 4.97. The van der Waals surface area contributed by atoms with Gasteiger partial charge < -0.3 is 25.2 Å². The van der Waals surface area contributed by atoms with Crippen molar-refractivity contribution in [3.05, 3.63) is 0 Å². The Bertz CT molecular complexity index is 337. The van der Waals surface area contributed by atoms with Crippen LogP contribution in [0.15, 0.2) is 0 Å². The Morgan fingerprint density at radius 3 is 2.65 bits per heavy atom. The number of carbonyl (C=O) groups excluding carboxylic acids is 1. The Kier molecular flexibility index (Phi) is 6.74. The first-order chi connectivity index (χ1) is 9.45. The molecular formula is C13H24N2O5. The number of amides is 2. The fourth-order valence-corrected chi connectivity index (χ4v) is 2.51. The lowest BCUT2D eigenvalue weighted by atomic mass is 9.84. The van der Waals surface area contributed by atoms with E-state index in [2.05, 4.69) is 5.32 Å². The number of nitrogens with one attached hydrogen (secondary N) is 1. The van der Waals surface area contributed by atoms with E-state index in [1.807, 2.05) is 0 Å². The molecule has 0 aromatic rings. The second kappa shape index (κ2) is 8.06. The van der Waals surface area contributed by atoms with E-state index in [-0.39, 0.29) is 25.2 Å². The topological polar surface area (TPSA) is 99.1 Å². The molecule has 1 aliphatic carbocycles. The fraction of sp³-hybridized carbons (Fsp3) is 0.846. The summed E-state index contributed by atoms with van der Waals surface area (Å²) in [5.74, 6) is -1.39. The highest BCUT2D eigenvalue weighted by atomic mass is 16.5. The molecular weight excluding hydrogens is 264 g/mol. The Balaban J connectivity index is 2.48. The maximum absolute atomic E-state index is 12.0. The van der Waals surface area contributed by atoms with Crippen LogP contribution in [0.25, 0.3) is 0 Å². The largest absolute Gasteiger partial charge is 0.481 e. The van der Waals surface area contributed by atoms with Crippen LogP contribution in [0.4, 0.5) is 4.79 Å². The molecule has 0 aromatic heterocycles. The molecule has 1 aliphatic rings. The van der Waals surface area contributed by atoms with E-state index in [4.69, 9.17) is 9.84 Å². The van der Waals surface area contributed by atoms with Gasteiger partial charge in [-0.25, -0.2) is 4.79 Å². The minimum Gasteiger partial charge on any atom is -0.481 e. The Morgan fingerprint density at radius 1 is 1.40 bits per heavy atom. The molecule has 3 atom stereocenters. The average molecular weight is 288 g/mol. The van der Waals surface area contributed by atoms with Crippen molar-refractivity contribution in [2.75, 3.05) is 27.3 Å². The molecule has 20 heavy (non-hydrogen) atoms. The van der Waals surface area contributed by atoms with Crippen molar-refractivity contribution >= 4 is 12.0 Å². The molecule has 0 saturated heterocycles. The number of carboxylic acid groups (broad SMARTS) is 1. The molecule has 2 amide bonds. The standard InChI is InChI=1S/C13H24N2O5/c1-15(7-9(16)8-20-2)13(19)14-11-6-4-3-5-10(11)12(17)18/h9-11,16H,3-8H2,1-2H3,(H,14,19)(H,17,18). The predicted octanol–water partition coefficient (Wildman–Crippen LogP) is 0.279. The number of methoxy groups -OCH3 is 1. The number of hydrogen-bond donors (Lipinski definition) is 3. The first-order valence-electron chi connectivity index (χ1n) is 6.87. The summed E-state index contributed by atoms with van der Waals surface area (Å²) >= 11 is 0. The number of nitrogens with zero attached hydrogens (tertiary/aromatic N) is 1. The highest BCUT2D eigenvalue weighted by Gasteiger charge is 2.32. The van der Waals surface area contributed by atoms with E-state index in [1.165, 1.54) is 12.0 Å². The summed E-state index contributed by atoms with van der Waals surface area (Å²) in [7, 11) is 3.04. The summed E-state index contributed by atoms with van der Waals surface area (Å²) in [6, 6.07) is -0.700. The number of rotatable bonds is 6. The second-order valence-corrected chi connectivity index (χ2v) is 5.27. The van der Waals surface area contributed by atoms with E-state index >= 15 is 0 Å². The van der Waals surface area contributed by atoms with E-state index in [0.29, 0.717) is 12.8 Å². The first kappa shape index (κ1) is 16.7. The number of aliphatic hydroxyl groups excluding tert-OH is 1. The number of likely N-dealkylation sites (N-methyl/N-ethyl adjacent to an activating group) is 1. The number of carboxylic acids is 1. The molecule has 7 heteroatoms. The quantitative estimate of drug-likeness (QED) is 0.652. The van der Waals surface area contributed by atoms with Crippen LogP contribution in [0.2, 0.25) is 0 Å². The Labute approximate surface area is 118 Å². The van der Waals surface area contributed by atoms with Gasteiger partial charge >= 0.3 is 12.0 Å². The molecule has 0 bridgehead atoms. The zero-order valence-electron chi connectivity index (χ0n) is 12.0. The third-order valence-corrected chi connectivity index (χ3v) is 3.58. The van der Waals surface area contributed by atoms with Gasteiger partial charge in [0, 0.05) is 20.2 Å². The zero-order chi connectivity index (χ0) is 15.1. The van der Waals surface area contributed by atoms with Gasteiger partial charge in [-0.3, -0.25) is 4.79 Å². The maximum Gasteiger partial charge on any atom is 0.317 e. The SMILES string of the molecule is COCC(O)CN(C)C(=O)NC1CCCCC1C(=O)O. The summed E-state index contributed by atoms with van der Waals surface area (Å²) < 4.78 is 4.80. The van der Waals surface area contributed by atoms with Crippen molar-refractivity contribution in [3.63, 3.8) is 0 Å². The minimum absolute atomic E-state index is 0.143. The van der Waals surface area contributed by atoms with Gasteiger partial charge in [-0.1, -0.05) is 12.8 Å². The number of aliphatic carboxylic acids is 1. The van der Waals surface area contributed by atoms with Crippen LogP contribution in [0.3, 0.4) is 0 Å². The number of carbonyl (C=O) groups is 2. The van der Waals surface area contributed by atoms with Crippen LogP contribution in [0.1, 0.15) is 25.7 Å².